The van der Waals surface area contributed by atoms with Crippen LogP contribution in [0.5, 0.6) is 0 Å². The van der Waals surface area contributed by atoms with Crippen LogP contribution in [0.15, 0.2) is 30.3 Å². The molecule has 0 heterocycles. The zero-order valence-electron chi connectivity index (χ0n) is 12.4. The van der Waals surface area contributed by atoms with Crippen LogP contribution in [0.25, 0.3) is 0 Å². The minimum absolute atomic E-state index is 0.256. The van der Waals surface area contributed by atoms with Crippen molar-refractivity contribution in [1.29, 1.82) is 0 Å². The van der Waals surface area contributed by atoms with E-state index < -0.39 is 0 Å². The number of nitrogens with one attached hydrogen (secondary N) is 1. The van der Waals surface area contributed by atoms with Gasteiger partial charge in [-0.1, -0.05) is 44.2 Å². The molecule has 0 aliphatic carbocycles. The normalized spacial score (nSPS) is 13.5. The third kappa shape index (κ3) is 5.43. The number of carbonyl (C=O) groups is 1. The average molecular weight is 262 g/mol. The van der Waals surface area contributed by atoms with Gasteiger partial charge in [0.1, 0.15) is 0 Å². The number of benzene rings is 1. The molecule has 1 aromatic carbocycles. The Bertz CT molecular complexity index is 398. The van der Waals surface area contributed by atoms with Gasteiger partial charge in [-0.2, -0.15) is 0 Å². The minimum atomic E-state index is -0.265. The van der Waals surface area contributed by atoms with Crippen LogP contribution in [-0.4, -0.2) is 18.0 Å². The van der Waals surface area contributed by atoms with Gasteiger partial charge >= 0.3 is 0 Å². The van der Waals surface area contributed by atoms with Gasteiger partial charge in [0.05, 0.1) is 0 Å². The average Bonchev–Trinajstić information content (AvgIpc) is 2.28. The molecule has 106 valence electrons. The van der Waals surface area contributed by atoms with Crippen molar-refractivity contribution < 1.29 is 4.79 Å². The zero-order valence-corrected chi connectivity index (χ0v) is 12.4. The molecule has 0 fully saturated rings. The zero-order chi connectivity index (χ0) is 14.5. The fourth-order valence-corrected chi connectivity index (χ4v) is 2.32. The van der Waals surface area contributed by atoms with Crippen molar-refractivity contribution in [2.45, 2.75) is 45.6 Å². The van der Waals surface area contributed by atoms with Crippen LogP contribution >= 0.6 is 0 Å². The smallest absolute Gasteiger partial charge is 0.219 e. The van der Waals surface area contributed by atoms with Crippen LogP contribution in [0.4, 0.5) is 0 Å². The highest BCUT2D eigenvalue weighted by atomic mass is 16.1. The summed E-state index contributed by atoms with van der Waals surface area (Å²) in [6.45, 7) is 9.32. The van der Waals surface area contributed by atoms with Crippen LogP contribution < -0.4 is 11.1 Å². The lowest BCUT2D eigenvalue weighted by Gasteiger charge is -2.30. The SMILES string of the molecule is CC(C)C(CNC(C)(C)CC(N)=O)c1ccccc1. The number of nitrogens with two attached hydrogens (primary N) is 1. The van der Waals surface area contributed by atoms with Crippen molar-refractivity contribution in [2.75, 3.05) is 6.54 Å². The van der Waals surface area contributed by atoms with Gasteiger partial charge in [0.15, 0.2) is 0 Å². The summed E-state index contributed by atoms with van der Waals surface area (Å²) in [6.07, 6.45) is 0.354. The number of primary amides is 1. The first-order valence-corrected chi connectivity index (χ1v) is 6.90. The number of carbonyl (C=O) groups excluding carboxylic acids is 1. The Morgan fingerprint density at radius 3 is 2.32 bits per heavy atom. The molecule has 0 saturated carbocycles. The van der Waals surface area contributed by atoms with Crippen molar-refractivity contribution in [2.24, 2.45) is 11.7 Å². The summed E-state index contributed by atoms with van der Waals surface area (Å²) in [5, 5.41) is 3.47. The Morgan fingerprint density at radius 1 is 1.26 bits per heavy atom. The summed E-state index contributed by atoms with van der Waals surface area (Å²) in [5.41, 5.74) is 6.35. The van der Waals surface area contributed by atoms with Gasteiger partial charge in [-0.15, -0.1) is 0 Å². The van der Waals surface area contributed by atoms with E-state index in [4.69, 9.17) is 5.73 Å². The first-order valence-electron chi connectivity index (χ1n) is 6.90. The van der Waals surface area contributed by atoms with E-state index in [1.54, 1.807) is 0 Å². The molecular weight excluding hydrogens is 236 g/mol. The summed E-state index contributed by atoms with van der Waals surface area (Å²) in [5.74, 6) is 0.714. The summed E-state index contributed by atoms with van der Waals surface area (Å²) in [4.78, 5) is 11.0. The number of rotatable bonds is 7. The second-order valence-corrected chi connectivity index (χ2v) is 6.17. The Morgan fingerprint density at radius 2 is 1.84 bits per heavy atom. The van der Waals surface area contributed by atoms with Gasteiger partial charge < -0.3 is 11.1 Å². The van der Waals surface area contributed by atoms with E-state index in [0.29, 0.717) is 18.3 Å². The molecular formula is C16H26N2O. The first kappa shape index (κ1) is 15.7. The topological polar surface area (TPSA) is 55.1 Å². The van der Waals surface area contributed by atoms with Crippen LogP contribution in [0.1, 0.15) is 45.6 Å². The van der Waals surface area contributed by atoms with Gasteiger partial charge in [0.25, 0.3) is 0 Å². The molecule has 0 saturated heterocycles. The van der Waals surface area contributed by atoms with Crippen molar-refractivity contribution in [3.8, 4) is 0 Å². The summed E-state index contributed by atoms with van der Waals surface area (Å²) in [7, 11) is 0. The second kappa shape index (κ2) is 6.71. The van der Waals surface area contributed by atoms with Crippen molar-refractivity contribution in [1.82, 2.24) is 5.32 Å². The van der Waals surface area contributed by atoms with Crippen molar-refractivity contribution in [3.63, 3.8) is 0 Å². The largest absolute Gasteiger partial charge is 0.370 e. The van der Waals surface area contributed by atoms with Gasteiger partial charge in [-0.25, -0.2) is 0 Å². The van der Waals surface area contributed by atoms with E-state index in [-0.39, 0.29) is 11.4 Å². The summed E-state index contributed by atoms with van der Waals surface area (Å²) >= 11 is 0. The van der Waals surface area contributed by atoms with E-state index in [1.807, 2.05) is 19.9 Å². The predicted molar refractivity (Wildman–Crippen MR) is 79.9 cm³/mol. The number of hydrogen-bond donors (Lipinski definition) is 2. The maximum absolute atomic E-state index is 11.0. The fraction of sp³-hybridized carbons (Fsp3) is 0.562. The van der Waals surface area contributed by atoms with Gasteiger partial charge in [0, 0.05) is 18.5 Å². The highest BCUT2D eigenvalue weighted by molar-refractivity contribution is 5.74. The molecule has 1 aromatic rings. The molecule has 0 aliphatic heterocycles. The van der Waals surface area contributed by atoms with Crippen LogP contribution in [0, 0.1) is 5.92 Å². The molecule has 1 rings (SSSR count). The van der Waals surface area contributed by atoms with E-state index >= 15 is 0 Å². The summed E-state index contributed by atoms with van der Waals surface area (Å²) < 4.78 is 0. The van der Waals surface area contributed by atoms with Crippen LogP contribution in [0.3, 0.4) is 0 Å². The molecule has 0 aromatic heterocycles. The molecule has 0 bridgehead atoms. The van der Waals surface area contributed by atoms with E-state index in [9.17, 15) is 4.79 Å². The molecule has 0 radical (unpaired) electrons. The highest BCUT2D eigenvalue weighted by Gasteiger charge is 2.23. The maximum Gasteiger partial charge on any atom is 0.219 e. The van der Waals surface area contributed by atoms with Crippen LogP contribution in [-0.2, 0) is 4.79 Å². The molecule has 3 heteroatoms. The third-order valence-corrected chi connectivity index (χ3v) is 3.45. The molecule has 1 unspecified atom stereocenters. The van der Waals surface area contributed by atoms with Crippen molar-refractivity contribution >= 4 is 5.91 Å². The molecule has 0 spiro atoms. The second-order valence-electron chi connectivity index (χ2n) is 6.17. The first-order chi connectivity index (χ1) is 8.82. The van der Waals surface area contributed by atoms with E-state index in [2.05, 4.69) is 43.4 Å². The molecule has 1 amide bonds. The number of hydrogen-bond acceptors (Lipinski definition) is 2. The third-order valence-electron chi connectivity index (χ3n) is 3.45. The maximum atomic E-state index is 11.0. The molecule has 19 heavy (non-hydrogen) atoms. The summed E-state index contributed by atoms with van der Waals surface area (Å²) in [6, 6.07) is 10.5. The molecule has 3 nitrogen and oxygen atoms in total. The lowest BCUT2D eigenvalue weighted by molar-refractivity contribution is -0.119. The lowest BCUT2D eigenvalue weighted by atomic mass is 9.87. The lowest BCUT2D eigenvalue weighted by Crippen LogP contribution is -2.45. The van der Waals surface area contributed by atoms with Gasteiger partial charge in [-0.05, 0) is 31.2 Å². The highest BCUT2D eigenvalue weighted by Crippen LogP contribution is 2.24. The predicted octanol–water partition coefficient (Wildman–Crippen LogP) is 2.67. The Kier molecular flexibility index (Phi) is 5.55. The van der Waals surface area contributed by atoms with Crippen molar-refractivity contribution in [3.05, 3.63) is 35.9 Å². The Balaban J connectivity index is 2.68. The Labute approximate surface area is 116 Å². The molecule has 1 atom stereocenters. The number of amides is 1. The molecule has 0 aliphatic rings. The van der Waals surface area contributed by atoms with Gasteiger partial charge in [0.2, 0.25) is 5.91 Å². The van der Waals surface area contributed by atoms with Gasteiger partial charge in [-0.3, -0.25) is 4.79 Å². The fourth-order valence-electron chi connectivity index (χ4n) is 2.32. The van der Waals surface area contributed by atoms with E-state index in [1.165, 1.54) is 5.56 Å². The monoisotopic (exact) mass is 262 g/mol. The van der Waals surface area contributed by atoms with E-state index in [0.717, 1.165) is 6.54 Å². The van der Waals surface area contributed by atoms with Crippen LogP contribution in [0.2, 0.25) is 0 Å². The standard InChI is InChI=1S/C16H26N2O/c1-12(2)14(13-8-6-5-7-9-13)11-18-16(3,4)10-15(17)19/h5-9,12,14,18H,10-11H2,1-4H3,(H2,17,19). The quantitative estimate of drug-likeness (QED) is 0.793. The Hall–Kier alpha value is -1.35. The minimum Gasteiger partial charge on any atom is -0.370 e. The molecule has 3 N–H and O–H groups in total.